The van der Waals surface area contributed by atoms with Crippen LogP contribution < -0.4 is 4.74 Å². The zero-order valence-electron chi connectivity index (χ0n) is 18.5. The van der Waals surface area contributed by atoms with Gasteiger partial charge in [0.2, 0.25) is 0 Å². The van der Waals surface area contributed by atoms with Crippen LogP contribution in [0.1, 0.15) is 23.6 Å². The summed E-state index contributed by atoms with van der Waals surface area (Å²) in [7, 11) is 1.52. The third kappa shape index (κ3) is 4.77. The molecular weight excluding hydrogens is 427 g/mol. The number of hydrogen-bond acceptors (Lipinski definition) is 6. The van der Waals surface area contributed by atoms with Crippen molar-refractivity contribution in [3.8, 4) is 5.75 Å². The molecule has 2 aromatic rings. The molecule has 1 amide bonds. The number of methoxy groups -OCH3 is 1. The number of hydrogen-bond donors (Lipinski definition) is 1. The minimum atomic E-state index is -0.809. The summed E-state index contributed by atoms with van der Waals surface area (Å²) < 4.78 is 24.3. The number of rotatable bonds is 7. The van der Waals surface area contributed by atoms with Gasteiger partial charge in [-0.1, -0.05) is 18.2 Å². The Kier molecular flexibility index (Phi) is 7.05. The van der Waals surface area contributed by atoms with Gasteiger partial charge in [0.25, 0.3) is 11.7 Å². The lowest BCUT2D eigenvalue weighted by atomic mass is 9.94. The number of likely N-dealkylation sites (tertiary alicyclic amines) is 1. The van der Waals surface area contributed by atoms with Crippen LogP contribution in [0.4, 0.5) is 4.39 Å². The third-order valence-electron chi connectivity index (χ3n) is 6.07. The highest BCUT2D eigenvalue weighted by molar-refractivity contribution is 6.46. The van der Waals surface area contributed by atoms with E-state index in [4.69, 9.17) is 9.47 Å². The molecule has 0 aliphatic carbocycles. The molecule has 2 saturated heterocycles. The van der Waals surface area contributed by atoms with E-state index in [1.165, 1.54) is 36.3 Å². The standard InChI is InChI=1S/C25H27FN2O5/c1-32-20-6-3-2-5-19(20)22-21(23(29)17-7-9-18(26)10-8-17)24(30)25(31)28(22)12-4-11-27-13-15-33-16-14-27/h2-3,5-10,22,29H,4,11-16H2,1H3/b23-21+/t22-/m1/s1. The Morgan fingerprint density at radius 2 is 1.79 bits per heavy atom. The Morgan fingerprint density at radius 3 is 2.48 bits per heavy atom. The second-order valence-corrected chi connectivity index (χ2v) is 8.05. The molecular formula is C25H27FN2O5. The van der Waals surface area contributed by atoms with Crippen molar-refractivity contribution in [1.82, 2.24) is 9.80 Å². The molecule has 0 spiro atoms. The van der Waals surface area contributed by atoms with Crippen LogP contribution in [0.15, 0.2) is 54.1 Å². The number of ketones is 1. The van der Waals surface area contributed by atoms with Gasteiger partial charge in [0.15, 0.2) is 0 Å². The summed E-state index contributed by atoms with van der Waals surface area (Å²) in [6.45, 7) is 4.14. The summed E-state index contributed by atoms with van der Waals surface area (Å²) in [5.41, 5.74) is 0.847. The molecule has 2 fully saturated rings. The topological polar surface area (TPSA) is 79.3 Å². The van der Waals surface area contributed by atoms with E-state index in [1.54, 1.807) is 24.3 Å². The van der Waals surface area contributed by atoms with Gasteiger partial charge in [0.05, 0.1) is 31.9 Å². The van der Waals surface area contributed by atoms with Gasteiger partial charge in [0, 0.05) is 37.3 Å². The molecule has 1 atom stereocenters. The highest BCUT2D eigenvalue weighted by Gasteiger charge is 2.46. The predicted molar refractivity (Wildman–Crippen MR) is 120 cm³/mol. The molecule has 0 radical (unpaired) electrons. The monoisotopic (exact) mass is 454 g/mol. The number of carbonyl (C=O) groups is 2. The van der Waals surface area contributed by atoms with Gasteiger partial charge in [0.1, 0.15) is 17.3 Å². The number of halogens is 1. The lowest BCUT2D eigenvalue weighted by Gasteiger charge is -2.29. The van der Waals surface area contributed by atoms with E-state index >= 15 is 0 Å². The Labute approximate surface area is 192 Å². The number of benzene rings is 2. The highest BCUT2D eigenvalue weighted by atomic mass is 19.1. The second-order valence-electron chi connectivity index (χ2n) is 8.05. The summed E-state index contributed by atoms with van der Waals surface area (Å²) in [6, 6.07) is 11.5. The number of Topliss-reactive ketones (excluding diaryl/α,β-unsaturated/α-hetero) is 1. The number of carbonyl (C=O) groups excluding carboxylic acids is 2. The quantitative estimate of drug-likeness (QED) is 0.394. The smallest absolute Gasteiger partial charge is 0.295 e. The number of nitrogens with zero attached hydrogens (tertiary/aromatic N) is 2. The molecule has 33 heavy (non-hydrogen) atoms. The number of para-hydroxylation sites is 1. The molecule has 0 bridgehead atoms. The fourth-order valence-corrected chi connectivity index (χ4v) is 4.38. The van der Waals surface area contributed by atoms with Crippen LogP contribution in [0.25, 0.3) is 5.76 Å². The van der Waals surface area contributed by atoms with E-state index in [-0.39, 0.29) is 16.9 Å². The second kappa shape index (κ2) is 10.1. The summed E-state index contributed by atoms with van der Waals surface area (Å²) >= 11 is 0. The minimum Gasteiger partial charge on any atom is -0.507 e. The minimum absolute atomic E-state index is 0.0255. The van der Waals surface area contributed by atoms with Crippen LogP contribution in [0.3, 0.4) is 0 Å². The van der Waals surface area contributed by atoms with Crippen molar-refractivity contribution in [1.29, 1.82) is 0 Å². The van der Waals surface area contributed by atoms with Crippen LogP contribution in [0.2, 0.25) is 0 Å². The maximum Gasteiger partial charge on any atom is 0.295 e. The average Bonchev–Trinajstić information content (AvgIpc) is 3.09. The van der Waals surface area contributed by atoms with E-state index in [0.29, 0.717) is 37.5 Å². The summed E-state index contributed by atoms with van der Waals surface area (Å²) in [6.07, 6.45) is 0.662. The number of aliphatic hydroxyl groups is 1. The van der Waals surface area contributed by atoms with Gasteiger partial charge in [-0.05, 0) is 36.8 Å². The molecule has 0 unspecified atom stereocenters. The van der Waals surface area contributed by atoms with Gasteiger partial charge in [-0.25, -0.2) is 4.39 Å². The summed E-state index contributed by atoms with van der Waals surface area (Å²) in [5, 5.41) is 11.0. The first kappa shape index (κ1) is 22.9. The Bertz CT molecular complexity index is 1050. The number of amides is 1. The van der Waals surface area contributed by atoms with Crippen LogP contribution in [0.5, 0.6) is 5.75 Å². The summed E-state index contributed by atoms with van der Waals surface area (Å²) in [5.74, 6) is -1.72. The van der Waals surface area contributed by atoms with Crippen molar-refractivity contribution in [2.45, 2.75) is 12.5 Å². The third-order valence-corrected chi connectivity index (χ3v) is 6.07. The van der Waals surface area contributed by atoms with Crippen molar-refractivity contribution in [2.24, 2.45) is 0 Å². The molecule has 2 aromatic carbocycles. The van der Waals surface area contributed by atoms with Crippen LogP contribution in [0, 0.1) is 5.82 Å². The van der Waals surface area contributed by atoms with E-state index in [1.807, 2.05) is 0 Å². The van der Waals surface area contributed by atoms with Crippen molar-refractivity contribution in [3.63, 3.8) is 0 Å². The van der Waals surface area contributed by atoms with Crippen LogP contribution in [-0.4, -0.2) is 73.1 Å². The predicted octanol–water partition coefficient (Wildman–Crippen LogP) is 2.98. The van der Waals surface area contributed by atoms with E-state index in [2.05, 4.69) is 4.90 Å². The van der Waals surface area contributed by atoms with Gasteiger partial charge in [-0.15, -0.1) is 0 Å². The Hall–Kier alpha value is -3.23. The molecule has 174 valence electrons. The first-order valence-corrected chi connectivity index (χ1v) is 11.0. The van der Waals surface area contributed by atoms with Crippen molar-refractivity contribution in [3.05, 3.63) is 71.0 Å². The van der Waals surface area contributed by atoms with E-state index < -0.39 is 23.5 Å². The first-order chi connectivity index (χ1) is 16.0. The van der Waals surface area contributed by atoms with E-state index in [9.17, 15) is 19.1 Å². The van der Waals surface area contributed by atoms with Gasteiger partial charge in [-0.2, -0.15) is 0 Å². The van der Waals surface area contributed by atoms with Gasteiger partial charge >= 0.3 is 0 Å². The first-order valence-electron chi connectivity index (χ1n) is 11.0. The lowest BCUT2D eigenvalue weighted by Crippen LogP contribution is -2.39. The zero-order valence-corrected chi connectivity index (χ0v) is 18.5. The van der Waals surface area contributed by atoms with Crippen LogP contribution in [-0.2, 0) is 14.3 Å². The average molecular weight is 454 g/mol. The largest absolute Gasteiger partial charge is 0.507 e. The number of ether oxygens (including phenoxy) is 2. The Morgan fingerprint density at radius 1 is 1.09 bits per heavy atom. The molecule has 2 aliphatic rings. The fraction of sp³-hybridized carbons (Fsp3) is 0.360. The van der Waals surface area contributed by atoms with E-state index in [0.717, 1.165) is 19.6 Å². The molecule has 0 aromatic heterocycles. The number of aliphatic hydroxyl groups excluding tert-OH is 1. The van der Waals surface area contributed by atoms with Crippen molar-refractivity contribution in [2.75, 3.05) is 46.5 Å². The molecule has 2 aliphatic heterocycles. The Balaban J connectivity index is 1.70. The summed E-state index contributed by atoms with van der Waals surface area (Å²) in [4.78, 5) is 29.9. The zero-order chi connectivity index (χ0) is 23.4. The molecule has 8 heteroatoms. The molecule has 4 rings (SSSR count). The lowest BCUT2D eigenvalue weighted by molar-refractivity contribution is -0.140. The van der Waals surface area contributed by atoms with Crippen LogP contribution >= 0.6 is 0 Å². The normalized spacial score (nSPS) is 20.9. The van der Waals surface area contributed by atoms with Gasteiger partial charge in [-0.3, -0.25) is 14.5 Å². The maximum atomic E-state index is 13.4. The molecule has 1 N–H and O–H groups in total. The van der Waals surface area contributed by atoms with Crippen molar-refractivity contribution >= 4 is 17.4 Å². The van der Waals surface area contributed by atoms with Gasteiger partial charge < -0.3 is 19.5 Å². The molecule has 7 nitrogen and oxygen atoms in total. The highest BCUT2D eigenvalue weighted by Crippen LogP contribution is 2.42. The SMILES string of the molecule is COc1ccccc1[C@@H]1/C(=C(\O)c2ccc(F)cc2)C(=O)C(=O)N1CCCN1CCOCC1. The maximum absolute atomic E-state index is 13.4. The number of morpholine rings is 1. The van der Waals surface area contributed by atoms with Crippen molar-refractivity contribution < 1.29 is 28.6 Å². The molecule has 0 saturated carbocycles. The molecule has 2 heterocycles. The fourth-order valence-electron chi connectivity index (χ4n) is 4.38.